The molecule has 100 valence electrons. The summed E-state index contributed by atoms with van der Waals surface area (Å²) >= 11 is 5.89. The summed E-state index contributed by atoms with van der Waals surface area (Å²) in [6, 6.07) is 8.19. The number of hydrogen-bond acceptors (Lipinski definition) is 2. The molecule has 0 aliphatic heterocycles. The van der Waals surface area contributed by atoms with Gasteiger partial charge in [-0.1, -0.05) is 17.7 Å². The summed E-state index contributed by atoms with van der Waals surface area (Å²) in [6.45, 7) is 0.335. The van der Waals surface area contributed by atoms with Crippen LogP contribution in [0.5, 0.6) is 5.75 Å². The van der Waals surface area contributed by atoms with E-state index in [-0.39, 0.29) is 24.0 Å². The smallest absolute Gasteiger partial charge is 0.124 e. The van der Waals surface area contributed by atoms with Gasteiger partial charge in [0.25, 0.3) is 0 Å². The molecule has 0 unspecified atom stereocenters. The molecule has 2 aromatic rings. The molecule has 0 heterocycles. The fraction of sp³-hybridized carbons (Fsp3) is 0.143. The van der Waals surface area contributed by atoms with Crippen molar-refractivity contribution in [3.8, 4) is 5.75 Å². The largest absolute Gasteiger partial charge is 0.489 e. The summed E-state index contributed by atoms with van der Waals surface area (Å²) in [5.41, 5.74) is 6.73. The first kappa shape index (κ1) is 13.8. The van der Waals surface area contributed by atoms with E-state index < -0.39 is 5.82 Å². The van der Waals surface area contributed by atoms with E-state index in [4.69, 9.17) is 22.1 Å². The van der Waals surface area contributed by atoms with Crippen molar-refractivity contribution in [2.75, 3.05) is 0 Å². The average molecular weight is 284 g/mol. The third-order valence-corrected chi connectivity index (χ3v) is 2.99. The predicted molar refractivity (Wildman–Crippen MR) is 70.0 cm³/mol. The highest BCUT2D eigenvalue weighted by molar-refractivity contribution is 6.31. The third-order valence-electron chi connectivity index (χ3n) is 2.64. The van der Waals surface area contributed by atoms with Gasteiger partial charge in [0, 0.05) is 17.7 Å². The highest BCUT2D eigenvalue weighted by Crippen LogP contribution is 2.23. The Balaban J connectivity index is 2.14. The zero-order valence-corrected chi connectivity index (χ0v) is 10.8. The van der Waals surface area contributed by atoms with E-state index in [1.54, 1.807) is 6.07 Å². The summed E-state index contributed by atoms with van der Waals surface area (Å²) in [5, 5.41) is 0.288. The number of hydrogen-bond donors (Lipinski definition) is 1. The maximum atomic E-state index is 13.0. The number of rotatable bonds is 4. The van der Waals surface area contributed by atoms with Crippen molar-refractivity contribution >= 4 is 11.6 Å². The maximum Gasteiger partial charge on any atom is 0.124 e. The minimum absolute atomic E-state index is 0.164. The van der Waals surface area contributed by atoms with Gasteiger partial charge in [-0.3, -0.25) is 0 Å². The molecule has 5 heteroatoms. The lowest BCUT2D eigenvalue weighted by atomic mass is 10.2. The maximum absolute atomic E-state index is 13.0. The molecular weight excluding hydrogens is 272 g/mol. The van der Waals surface area contributed by atoms with E-state index in [0.29, 0.717) is 16.9 Å². The Morgan fingerprint density at radius 3 is 2.37 bits per heavy atom. The van der Waals surface area contributed by atoms with Gasteiger partial charge in [0.2, 0.25) is 0 Å². The van der Waals surface area contributed by atoms with Crippen LogP contribution < -0.4 is 10.5 Å². The predicted octanol–water partition coefficient (Wildman–Crippen LogP) is 3.66. The Labute approximate surface area is 114 Å². The topological polar surface area (TPSA) is 35.2 Å². The van der Waals surface area contributed by atoms with Gasteiger partial charge in [0.05, 0.1) is 5.02 Å². The van der Waals surface area contributed by atoms with Crippen molar-refractivity contribution in [2.24, 2.45) is 5.73 Å². The first-order chi connectivity index (χ1) is 9.10. The minimum atomic E-state index is -0.404. The van der Waals surface area contributed by atoms with E-state index in [9.17, 15) is 8.78 Å². The van der Waals surface area contributed by atoms with Gasteiger partial charge in [0.1, 0.15) is 24.0 Å². The van der Waals surface area contributed by atoms with Crippen molar-refractivity contribution in [1.82, 2.24) is 0 Å². The summed E-state index contributed by atoms with van der Waals surface area (Å²) in [7, 11) is 0. The standard InChI is InChI=1S/C14H12ClF2NO/c15-13-6-12(17)2-1-9(13)8-19-14-4-3-11(16)5-10(14)7-18/h1-6H,7-8,18H2. The molecule has 0 saturated heterocycles. The molecule has 0 saturated carbocycles. The first-order valence-corrected chi connectivity index (χ1v) is 6.03. The van der Waals surface area contributed by atoms with Crippen molar-refractivity contribution in [3.05, 3.63) is 64.2 Å². The van der Waals surface area contributed by atoms with E-state index in [2.05, 4.69) is 0 Å². The van der Waals surface area contributed by atoms with Crippen molar-refractivity contribution < 1.29 is 13.5 Å². The summed E-state index contributed by atoms with van der Waals surface area (Å²) < 4.78 is 31.5. The molecule has 0 atom stereocenters. The second kappa shape index (κ2) is 5.99. The summed E-state index contributed by atoms with van der Waals surface area (Å²) in [6.07, 6.45) is 0. The normalized spacial score (nSPS) is 10.5. The Kier molecular flexibility index (Phi) is 4.35. The molecule has 0 aliphatic rings. The lowest BCUT2D eigenvalue weighted by molar-refractivity contribution is 0.302. The van der Waals surface area contributed by atoms with E-state index in [1.165, 1.54) is 30.3 Å². The third kappa shape index (κ3) is 3.43. The second-order valence-corrected chi connectivity index (χ2v) is 4.39. The molecule has 0 bridgehead atoms. The van der Waals surface area contributed by atoms with Crippen LogP contribution in [-0.4, -0.2) is 0 Å². The molecule has 0 amide bonds. The number of halogens is 3. The van der Waals surface area contributed by atoms with Crippen LogP contribution in [0.3, 0.4) is 0 Å². The fourth-order valence-electron chi connectivity index (χ4n) is 1.64. The van der Waals surface area contributed by atoms with Crippen LogP contribution in [0.4, 0.5) is 8.78 Å². The van der Waals surface area contributed by atoms with Crippen LogP contribution in [0.25, 0.3) is 0 Å². The van der Waals surface area contributed by atoms with Crippen LogP contribution >= 0.6 is 11.6 Å². The fourth-order valence-corrected chi connectivity index (χ4v) is 1.86. The van der Waals surface area contributed by atoms with Crippen LogP contribution in [0.2, 0.25) is 5.02 Å². The molecule has 0 fully saturated rings. The van der Waals surface area contributed by atoms with Gasteiger partial charge in [-0.25, -0.2) is 8.78 Å². The molecule has 19 heavy (non-hydrogen) atoms. The molecular formula is C14H12ClF2NO. The molecule has 0 spiro atoms. The van der Waals surface area contributed by atoms with Gasteiger partial charge in [0.15, 0.2) is 0 Å². The highest BCUT2D eigenvalue weighted by atomic mass is 35.5. The van der Waals surface area contributed by atoms with E-state index in [1.807, 2.05) is 0 Å². The highest BCUT2D eigenvalue weighted by Gasteiger charge is 2.07. The van der Waals surface area contributed by atoms with Crippen molar-refractivity contribution in [2.45, 2.75) is 13.2 Å². The molecule has 2 aromatic carbocycles. The van der Waals surface area contributed by atoms with Crippen molar-refractivity contribution in [1.29, 1.82) is 0 Å². The van der Waals surface area contributed by atoms with Gasteiger partial charge < -0.3 is 10.5 Å². The Morgan fingerprint density at radius 1 is 1.00 bits per heavy atom. The molecule has 0 aliphatic carbocycles. The van der Waals surface area contributed by atoms with Crippen LogP contribution in [-0.2, 0) is 13.2 Å². The molecule has 0 aromatic heterocycles. The number of benzene rings is 2. The Hall–Kier alpha value is -1.65. The number of ether oxygens (including phenoxy) is 1. The lowest BCUT2D eigenvalue weighted by Crippen LogP contribution is -2.03. The quantitative estimate of drug-likeness (QED) is 0.929. The monoisotopic (exact) mass is 283 g/mol. The Morgan fingerprint density at radius 2 is 1.68 bits per heavy atom. The van der Waals surface area contributed by atoms with Gasteiger partial charge in [-0.15, -0.1) is 0 Å². The molecule has 2 N–H and O–H groups in total. The number of nitrogens with two attached hydrogens (primary N) is 1. The average Bonchev–Trinajstić information content (AvgIpc) is 2.39. The molecule has 2 nitrogen and oxygen atoms in total. The zero-order chi connectivity index (χ0) is 13.8. The van der Waals surface area contributed by atoms with Gasteiger partial charge >= 0.3 is 0 Å². The summed E-state index contributed by atoms with van der Waals surface area (Å²) in [5.74, 6) is -0.282. The van der Waals surface area contributed by atoms with Gasteiger partial charge in [-0.2, -0.15) is 0 Å². The van der Waals surface area contributed by atoms with E-state index in [0.717, 1.165) is 0 Å². The van der Waals surface area contributed by atoms with Crippen LogP contribution in [0, 0.1) is 11.6 Å². The van der Waals surface area contributed by atoms with E-state index >= 15 is 0 Å². The minimum Gasteiger partial charge on any atom is -0.489 e. The summed E-state index contributed by atoms with van der Waals surface area (Å²) in [4.78, 5) is 0. The van der Waals surface area contributed by atoms with Crippen molar-refractivity contribution in [3.63, 3.8) is 0 Å². The van der Waals surface area contributed by atoms with Gasteiger partial charge in [-0.05, 0) is 30.3 Å². The Bertz CT molecular complexity index is 590. The first-order valence-electron chi connectivity index (χ1n) is 5.65. The molecule has 0 radical (unpaired) electrons. The molecule has 2 rings (SSSR count). The zero-order valence-electron chi connectivity index (χ0n) is 10.00. The lowest BCUT2D eigenvalue weighted by Gasteiger charge is -2.11. The SMILES string of the molecule is NCc1cc(F)ccc1OCc1ccc(F)cc1Cl. The van der Waals surface area contributed by atoms with Crippen LogP contribution in [0.1, 0.15) is 11.1 Å². The second-order valence-electron chi connectivity index (χ2n) is 3.98. The van der Waals surface area contributed by atoms with Crippen LogP contribution in [0.15, 0.2) is 36.4 Å².